The number of aromatic nitrogens is 3. The van der Waals surface area contributed by atoms with Crippen LogP contribution in [0.1, 0.15) is 47.6 Å². The van der Waals surface area contributed by atoms with Gasteiger partial charge in [0.25, 0.3) is 0 Å². The van der Waals surface area contributed by atoms with Crippen molar-refractivity contribution >= 4 is 5.69 Å². The second kappa shape index (κ2) is 13.4. The Kier molecular flexibility index (Phi) is 9.75. The number of rotatable bonds is 6. The number of piperidine rings is 1. The van der Waals surface area contributed by atoms with Gasteiger partial charge in [0, 0.05) is 37.2 Å². The standard InChI is InChI=1S/C29H26F4N4.H5N3/c30-24-11-7-20(8-12-24)17-26-34-27(18-21-9-13-25(14-10-21)37-15-2-1-3-16-37)36-28(35-26)22-5-4-6-23(19-22)29(31,32)33;1-3-2/h4-14,19H,1-3,15-18H2;3H,1-2H2. The van der Waals surface area contributed by atoms with Crippen molar-refractivity contribution in [2.24, 2.45) is 11.7 Å². The Labute approximate surface area is 230 Å². The van der Waals surface area contributed by atoms with Crippen LogP contribution in [0.3, 0.4) is 0 Å². The molecule has 210 valence electrons. The number of nitrogens with one attached hydrogen (secondary N) is 1. The summed E-state index contributed by atoms with van der Waals surface area (Å²) in [6, 6.07) is 19.2. The molecule has 0 aliphatic carbocycles. The van der Waals surface area contributed by atoms with Gasteiger partial charge in [-0.1, -0.05) is 36.4 Å². The number of hydrogen-bond donors (Lipinski definition) is 3. The van der Waals surface area contributed by atoms with E-state index in [2.05, 4.69) is 43.7 Å². The van der Waals surface area contributed by atoms with Gasteiger partial charge in [-0.3, -0.25) is 11.7 Å². The number of hydrogen-bond acceptors (Lipinski definition) is 7. The molecule has 0 atom stereocenters. The molecule has 0 unspecified atom stereocenters. The zero-order chi connectivity index (χ0) is 28.5. The Morgan fingerprint density at radius 2 is 1.30 bits per heavy atom. The van der Waals surface area contributed by atoms with Gasteiger partial charge >= 0.3 is 6.18 Å². The molecule has 4 aromatic rings. The SMILES string of the molecule is Fc1ccc(Cc2nc(Cc3ccc(N4CCCCC4)cc3)nc(-c3cccc(C(F)(F)F)c3)n2)cc1.NNN. The first-order chi connectivity index (χ1) is 19.2. The molecule has 0 bridgehead atoms. The number of nitrogens with zero attached hydrogens (tertiary/aromatic N) is 4. The minimum absolute atomic E-state index is 0.179. The largest absolute Gasteiger partial charge is 0.416 e. The van der Waals surface area contributed by atoms with Crippen LogP contribution in [-0.2, 0) is 19.0 Å². The molecule has 0 amide bonds. The molecule has 0 saturated carbocycles. The molecule has 3 aromatic carbocycles. The topological polar surface area (TPSA) is 106 Å². The van der Waals surface area contributed by atoms with Crippen LogP contribution in [-0.4, -0.2) is 28.0 Å². The van der Waals surface area contributed by atoms with E-state index in [9.17, 15) is 17.6 Å². The first-order valence-corrected chi connectivity index (χ1v) is 12.9. The molecular weight excluding hydrogens is 522 g/mol. The Morgan fingerprint density at radius 1 is 0.750 bits per heavy atom. The molecule has 2 heterocycles. The summed E-state index contributed by atoms with van der Waals surface area (Å²) in [6.45, 7) is 2.11. The van der Waals surface area contributed by atoms with E-state index < -0.39 is 11.7 Å². The Bertz CT molecular complexity index is 1370. The molecule has 0 radical (unpaired) electrons. The third kappa shape index (κ3) is 8.04. The van der Waals surface area contributed by atoms with E-state index in [4.69, 9.17) is 0 Å². The highest BCUT2D eigenvalue weighted by atomic mass is 19.4. The summed E-state index contributed by atoms with van der Waals surface area (Å²) in [7, 11) is 0. The van der Waals surface area contributed by atoms with Gasteiger partial charge in [0.15, 0.2) is 5.82 Å². The minimum Gasteiger partial charge on any atom is -0.372 e. The smallest absolute Gasteiger partial charge is 0.372 e. The molecule has 1 fully saturated rings. The summed E-state index contributed by atoms with van der Waals surface area (Å²) < 4.78 is 53.4. The van der Waals surface area contributed by atoms with Crippen LogP contribution < -0.4 is 22.1 Å². The van der Waals surface area contributed by atoms with Crippen LogP contribution in [0.4, 0.5) is 23.2 Å². The van der Waals surface area contributed by atoms with Gasteiger partial charge in [-0.25, -0.2) is 19.3 Å². The van der Waals surface area contributed by atoms with Crippen molar-refractivity contribution in [2.45, 2.75) is 38.3 Å². The lowest BCUT2D eigenvalue weighted by Crippen LogP contribution is -2.29. The highest BCUT2D eigenvalue weighted by Crippen LogP contribution is 2.31. The lowest BCUT2D eigenvalue weighted by molar-refractivity contribution is -0.137. The predicted molar refractivity (Wildman–Crippen MR) is 146 cm³/mol. The van der Waals surface area contributed by atoms with E-state index in [1.54, 1.807) is 23.7 Å². The summed E-state index contributed by atoms with van der Waals surface area (Å²) in [5, 5.41) is 0. The van der Waals surface area contributed by atoms with Gasteiger partial charge in [-0.2, -0.15) is 18.7 Å². The van der Waals surface area contributed by atoms with Crippen LogP contribution >= 0.6 is 0 Å². The first-order valence-electron chi connectivity index (χ1n) is 12.9. The molecule has 0 spiro atoms. The minimum atomic E-state index is -4.47. The molecule has 1 saturated heterocycles. The maximum Gasteiger partial charge on any atom is 0.416 e. The van der Waals surface area contributed by atoms with Crippen molar-refractivity contribution in [3.63, 3.8) is 0 Å². The second-order valence-corrected chi connectivity index (χ2v) is 9.43. The third-order valence-corrected chi connectivity index (χ3v) is 6.47. The fraction of sp³-hybridized carbons (Fsp3) is 0.276. The summed E-state index contributed by atoms with van der Waals surface area (Å²) in [4.78, 5) is 16.0. The number of halogens is 4. The second-order valence-electron chi connectivity index (χ2n) is 9.43. The van der Waals surface area contributed by atoms with Crippen molar-refractivity contribution < 1.29 is 17.6 Å². The van der Waals surface area contributed by atoms with Crippen LogP contribution in [0.5, 0.6) is 0 Å². The zero-order valence-corrected chi connectivity index (χ0v) is 21.8. The summed E-state index contributed by atoms with van der Waals surface area (Å²) >= 11 is 0. The van der Waals surface area contributed by atoms with Crippen LogP contribution in [0.2, 0.25) is 0 Å². The quantitative estimate of drug-likeness (QED) is 0.171. The number of alkyl halides is 3. The average molecular weight is 554 g/mol. The van der Waals surface area contributed by atoms with E-state index >= 15 is 0 Å². The number of hydrazine groups is 2. The first kappa shape index (κ1) is 29.1. The highest BCUT2D eigenvalue weighted by Gasteiger charge is 2.30. The van der Waals surface area contributed by atoms with Crippen molar-refractivity contribution in [1.82, 2.24) is 20.5 Å². The molecular formula is C29H31F4N7. The molecule has 1 aliphatic rings. The summed E-state index contributed by atoms with van der Waals surface area (Å²) in [5.41, 5.74) is 4.22. The van der Waals surface area contributed by atoms with Crippen molar-refractivity contribution in [2.75, 3.05) is 18.0 Å². The summed E-state index contributed by atoms with van der Waals surface area (Å²) in [5.74, 6) is 9.45. The number of benzene rings is 3. The maximum atomic E-state index is 13.4. The molecule has 1 aromatic heterocycles. The molecule has 5 rings (SSSR count). The van der Waals surface area contributed by atoms with Gasteiger partial charge < -0.3 is 4.90 Å². The van der Waals surface area contributed by atoms with Crippen LogP contribution in [0.25, 0.3) is 11.4 Å². The van der Waals surface area contributed by atoms with Gasteiger partial charge in [-0.05, 0) is 66.8 Å². The van der Waals surface area contributed by atoms with Gasteiger partial charge in [0.1, 0.15) is 17.5 Å². The van der Waals surface area contributed by atoms with Crippen molar-refractivity contribution in [1.29, 1.82) is 0 Å². The Balaban J connectivity index is 0.00000118. The number of nitrogens with two attached hydrogens (primary N) is 2. The fourth-order valence-corrected chi connectivity index (χ4v) is 4.53. The molecule has 5 N–H and O–H groups in total. The lowest BCUT2D eigenvalue weighted by atomic mass is 10.1. The average Bonchev–Trinajstić information content (AvgIpc) is 2.95. The van der Waals surface area contributed by atoms with E-state index in [1.807, 2.05) is 12.1 Å². The van der Waals surface area contributed by atoms with Crippen molar-refractivity contribution in [3.8, 4) is 11.4 Å². The monoisotopic (exact) mass is 553 g/mol. The maximum absolute atomic E-state index is 13.4. The molecule has 11 heteroatoms. The van der Waals surface area contributed by atoms with E-state index in [1.165, 1.54) is 43.1 Å². The fourth-order valence-electron chi connectivity index (χ4n) is 4.53. The zero-order valence-electron chi connectivity index (χ0n) is 21.8. The molecule has 1 aliphatic heterocycles. The Hall–Kier alpha value is -3.93. The van der Waals surface area contributed by atoms with Gasteiger partial charge in [0.2, 0.25) is 0 Å². The van der Waals surface area contributed by atoms with Crippen LogP contribution in [0, 0.1) is 5.82 Å². The molecule has 7 nitrogen and oxygen atoms in total. The lowest BCUT2D eigenvalue weighted by Gasteiger charge is -2.28. The van der Waals surface area contributed by atoms with Crippen molar-refractivity contribution in [3.05, 3.63) is 107 Å². The van der Waals surface area contributed by atoms with E-state index in [0.717, 1.165) is 36.3 Å². The highest BCUT2D eigenvalue weighted by molar-refractivity contribution is 5.56. The van der Waals surface area contributed by atoms with Crippen LogP contribution in [0.15, 0.2) is 72.8 Å². The predicted octanol–water partition coefficient (Wildman–Crippen LogP) is 5.19. The van der Waals surface area contributed by atoms with E-state index in [-0.39, 0.29) is 17.2 Å². The Morgan fingerprint density at radius 3 is 1.85 bits per heavy atom. The van der Waals surface area contributed by atoms with Gasteiger partial charge in [0.05, 0.1) is 5.56 Å². The normalized spacial score (nSPS) is 13.5. The number of anilines is 1. The third-order valence-electron chi connectivity index (χ3n) is 6.47. The van der Waals surface area contributed by atoms with Gasteiger partial charge in [-0.15, -0.1) is 0 Å². The van der Waals surface area contributed by atoms with E-state index in [0.29, 0.717) is 24.5 Å². The summed E-state index contributed by atoms with van der Waals surface area (Å²) in [6.07, 6.45) is -0.105. The molecule has 40 heavy (non-hydrogen) atoms.